The average molecular weight is 413 g/mol. The Morgan fingerprint density at radius 2 is 1.96 bits per heavy atom. The standard InChI is InChI=1S/C17H17FN2O3S3/c1-11-2-5-16(24-11)26(21,22)20-8-6-13(7-9-20)23-17-19-14-4-3-12(18)10-15(14)25-17/h2-5,10,13H,6-9H2,1H3. The third kappa shape index (κ3) is 3.48. The maximum absolute atomic E-state index is 13.3. The number of sulfonamides is 1. The first-order valence-corrected chi connectivity index (χ1v) is 11.3. The van der Waals surface area contributed by atoms with Crippen molar-refractivity contribution >= 4 is 42.9 Å². The molecule has 2 aromatic heterocycles. The number of rotatable bonds is 4. The number of aryl methyl sites for hydroxylation is 1. The molecule has 3 heterocycles. The van der Waals surface area contributed by atoms with E-state index in [4.69, 9.17) is 4.74 Å². The van der Waals surface area contributed by atoms with Crippen molar-refractivity contribution in [3.63, 3.8) is 0 Å². The van der Waals surface area contributed by atoms with E-state index in [0.717, 1.165) is 9.58 Å². The van der Waals surface area contributed by atoms with Gasteiger partial charge < -0.3 is 4.74 Å². The molecule has 0 atom stereocenters. The summed E-state index contributed by atoms with van der Waals surface area (Å²) in [5.74, 6) is -0.296. The third-order valence-corrected chi connectivity index (χ3v) is 8.58. The lowest BCUT2D eigenvalue weighted by molar-refractivity contribution is 0.135. The minimum absolute atomic E-state index is 0.0862. The summed E-state index contributed by atoms with van der Waals surface area (Å²) in [4.78, 5) is 5.35. The molecule has 0 saturated carbocycles. The molecule has 0 spiro atoms. The van der Waals surface area contributed by atoms with Crippen molar-refractivity contribution in [2.75, 3.05) is 13.1 Å². The van der Waals surface area contributed by atoms with Crippen molar-refractivity contribution in [2.24, 2.45) is 0 Å². The normalized spacial score (nSPS) is 17.0. The summed E-state index contributed by atoms with van der Waals surface area (Å²) in [6.45, 7) is 2.74. The highest BCUT2D eigenvalue weighted by Crippen LogP contribution is 2.31. The maximum atomic E-state index is 13.3. The summed E-state index contributed by atoms with van der Waals surface area (Å²) in [5, 5.41) is 0.501. The molecule has 138 valence electrons. The molecule has 0 aliphatic carbocycles. The van der Waals surface area contributed by atoms with E-state index >= 15 is 0 Å². The van der Waals surface area contributed by atoms with Gasteiger partial charge in [0.05, 0.1) is 10.2 Å². The highest BCUT2D eigenvalue weighted by Gasteiger charge is 2.31. The number of piperidine rings is 1. The number of aromatic nitrogens is 1. The quantitative estimate of drug-likeness (QED) is 0.649. The second-order valence-electron chi connectivity index (χ2n) is 6.18. The van der Waals surface area contributed by atoms with E-state index in [-0.39, 0.29) is 11.9 Å². The topological polar surface area (TPSA) is 59.5 Å². The van der Waals surface area contributed by atoms with Gasteiger partial charge in [-0.1, -0.05) is 11.3 Å². The van der Waals surface area contributed by atoms with Crippen molar-refractivity contribution in [3.8, 4) is 5.19 Å². The Balaban J connectivity index is 1.41. The molecule has 0 N–H and O–H groups in total. The Morgan fingerprint density at radius 1 is 1.19 bits per heavy atom. The van der Waals surface area contributed by atoms with Crippen LogP contribution in [0.3, 0.4) is 0 Å². The van der Waals surface area contributed by atoms with Gasteiger partial charge in [-0.15, -0.1) is 11.3 Å². The van der Waals surface area contributed by atoms with Crippen LogP contribution in [0.5, 0.6) is 5.19 Å². The van der Waals surface area contributed by atoms with Crippen molar-refractivity contribution in [2.45, 2.75) is 30.1 Å². The van der Waals surface area contributed by atoms with Crippen molar-refractivity contribution in [1.29, 1.82) is 0 Å². The lowest BCUT2D eigenvalue weighted by atomic mass is 10.1. The number of ether oxygens (including phenoxy) is 1. The molecule has 26 heavy (non-hydrogen) atoms. The fraction of sp³-hybridized carbons (Fsp3) is 0.353. The fourth-order valence-corrected chi connectivity index (χ4v) is 6.75. The summed E-state index contributed by atoms with van der Waals surface area (Å²) < 4.78 is 47.2. The average Bonchev–Trinajstić information content (AvgIpc) is 3.21. The number of thiazole rings is 1. The molecular formula is C17H17FN2O3S3. The molecule has 1 aromatic carbocycles. The van der Waals surface area contributed by atoms with Crippen LogP contribution < -0.4 is 4.74 Å². The lowest BCUT2D eigenvalue weighted by Crippen LogP contribution is -2.41. The van der Waals surface area contributed by atoms with Crippen molar-refractivity contribution in [3.05, 3.63) is 41.0 Å². The van der Waals surface area contributed by atoms with Gasteiger partial charge in [-0.2, -0.15) is 4.31 Å². The van der Waals surface area contributed by atoms with Gasteiger partial charge in [-0.05, 0) is 50.1 Å². The number of nitrogens with zero attached hydrogens (tertiary/aromatic N) is 2. The third-order valence-electron chi connectivity index (χ3n) is 4.31. The zero-order chi connectivity index (χ0) is 18.3. The van der Waals surface area contributed by atoms with Gasteiger partial charge in [-0.25, -0.2) is 17.8 Å². The van der Waals surface area contributed by atoms with E-state index in [2.05, 4.69) is 4.98 Å². The Kier molecular flexibility index (Phi) is 4.72. The summed E-state index contributed by atoms with van der Waals surface area (Å²) in [6, 6.07) is 7.94. The fourth-order valence-electron chi connectivity index (χ4n) is 2.94. The predicted octanol–water partition coefficient (Wildman–Crippen LogP) is 4.04. The van der Waals surface area contributed by atoms with Gasteiger partial charge in [-0.3, -0.25) is 0 Å². The number of hydrogen-bond donors (Lipinski definition) is 0. The van der Waals surface area contributed by atoms with E-state index in [1.807, 2.05) is 13.0 Å². The van der Waals surface area contributed by atoms with E-state index in [9.17, 15) is 12.8 Å². The van der Waals surface area contributed by atoms with Crippen LogP contribution in [-0.4, -0.2) is 36.9 Å². The van der Waals surface area contributed by atoms with Crippen molar-refractivity contribution in [1.82, 2.24) is 9.29 Å². The number of thiophene rings is 1. The molecule has 1 aliphatic heterocycles. The minimum Gasteiger partial charge on any atom is -0.467 e. The van der Waals surface area contributed by atoms with Gasteiger partial charge in [0.15, 0.2) is 0 Å². The first-order chi connectivity index (χ1) is 12.4. The number of benzene rings is 1. The first kappa shape index (κ1) is 17.8. The van der Waals surface area contributed by atoms with Gasteiger partial charge in [0.25, 0.3) is 15.2 Å². The second kappa shape index (κ2) is 6.88. The highest BCUT2D eigenvalue weighted by molar-refractivity contribution is 7.91. The molecule has 0 amide bonds. The summed E-state index contributed by atoms with van der Waals surface area (Å²) >= 11 is 2.60. The highest BCUT2D eigenvalue weighted by atomic mass is 32.2. The Labute approximate surface area is 159 Å². The maximum Gasteiger partial charge on any atom is 0.274 e. The Bertz CT molecular complexity index is 1040. The number of fused-ring (bicyclic) bond motifs is 1. The van der Waals surface area contributed by atoms with Gasteiger partial charge >= 0.3 is 0 Å². The van der Waals surface area contributed by atoms with Gasteiger partial charge in [0, 0.05) is 18.0 Å². The Morgan fingerprint density at radius 3 is 2.65 bits per heavy atom. The predicted molar refractivity (Wildman–Crippen MR) is 101 cm³/mol. The van der Waals surface area contributed by atoms with Crippen LogP contribution in [0.1, 0.15) is 17.7 Å². The molecule has 1 fully saturated rings. The van der Waals surface area contributed by atoms with Crippen LogP contribution in [0.25, 0.3) is 10.2 Å². The van der Waals surface area contributed by atoms with E-state index in [1.54, 1.807) is 12.1 Å². The second-order valence-corrected chi connectivity index (χ2v) is 10.6. The van der Waals surface area contributed by atoms with Gasteiger partial charge in [0.2, 0.25) is 0 Å². The summed E-state index contributed by atoms with van der Waals surface area (Å²) in [7, 11) is -3.42. The monoisotopic (exact) mass is 412 g/mol. The van der Waals surface area contributed by atoms with Crippen LogP contribution in [0.4, 0.5) is 4.39 Å². The first-order valence-electron chi connectivity index (χ1n) is 8.21. The molecule has 0 unspecified atom stereocenters. The van der Waals surface area contributed by atoms with Crippen molar-refractivity contribution < 1.29 is 17.5 Å². The largest absolute Gasteiger partial charge is 0.467 e. The molecular weight excluding hydrogens is 395 g/mol. The van der Waals surface area contributed by atoms with E-state index in [0.29, 0.717) is 40.9 Å². The molecule has 5 nitrogen and oxygen atoms in total. The minimum atomic E-state index is -3.42. The van der Waals surface area contributed by atoms with E-state index < -0.39 is 10.0 Å². The molecule has 0 radical (unpaired) electrons. The summed E-state index contributed by atoms with van der Waals surface area (Å²) in [6.07, 6.45) is 1.12. The van der Waals surface area contributed by atoms with Crippen LogP contribution in [0.2, 0.25) is 0 Å². The molecule has 1 aliphatic rings. The summed E-state index contributed by atoms with van der Waals surface area (Å²) in [5.41, 5.74) is 0.708. The molecule has 3 aromatic rings. The zero-order valence-electron chi connectivity index (χ0n) is 14.0. The lowest BCUT2D eigenvalue weighted by Gasteiger charge is -2.30. The van der Waals surface area contributed by atoms with E-state index in [1.165, 1.54) is 39.1 Å². The van der Waals surface area contributed by atoms with Gasteiger partial charge in [0.1, 0.15) is 16.1 Å². The SMILES string of the molecule is Cc1ccc(S(=O)(=O)N2CCC(Oc3nc4ccc(F)cc4s3)CC2)s1. The molecule has 1 saturated heterocycles. The van der Waals surface area contributed by atoms with Crippen LogP contribution >= 0.6 is 22.7 Å². The van der Waals surface area contributed by atoms with Crippen LogP contribution in [-0.2, 0) is 10.0 Å². The molecule has 4 rings (SSSR count). The van der Waals surface area contributed by atoms with Crippen LogP contribution in [0.15, 0.2) is 34.5 Å². The van der Waals surface area contributed by atoms with Crippen LogP contribution in [0, 0.1) is 12.7 Å². The number of halogens is 1. The molecule has 9 heteroatoms. The smallest absolute Gasteiger partial charge is 0.274 e. The zero-order valence-corrected chi connectivity index (χ0v) is 16.5. The molecule has 0 bridgehead atoms. The number of hydrogen-bond acceptors (Lipinski definition) is 6. The Hall–Kier alpha value is -1.55.